The second-order valence-corrected chi connectivity index (χ2v) is 15.9. The van der Waals surface area contributed by atoms with Crippen LogP contribution in [0.25, 0.3) is 5.57 Å². The van der Waals surface area contributed by atoms with Gasteiger partial charge in [-0.1, -0.05) is 134 Å². The van der Waals surface area contributed by atoms with E-state index < -0.39 is 0 Å². The molecule has 5 unspecified atom stereocenters. The van der Waals surface area contributed by atoms with Gasteiger partial charge in [-0.05, 0) is 96.3 Å². The van der Waals surface area contributed by atoms with Crippen molar-refractivity contribution in [2.75, 3.05) is 9.80 Å². The number of benzene rings is 5. The predicted molar refractivity (Wildman–Crippen MR) is 230 cm³/mol. The zero-order chi connectivity index (χ0) is 37.0. The number of nitrogens with one attached hydrogen (secondary N) is 3. The predicted octanol–water partition coefficient (Wildman–Crippen LogP) is 11.6. The van der Waals surface area contributed by atoms with Crippen molar-refractivity contribution in [3.63, 3.8) is 0 Å². The van der Waals surface area contributed by atoms with Crippen LogP contribution in [0.4, 0.5) is 22.7 Å². The van der Waals surface area contributed by atoms with Crippen molar-refractivity contribution < 1.29 is 0 Å². The standard InChI is InChI=1S/C51H47N5/c1-5-17-34(18-6-1)42-33-37(51-53-49(35-19-7-2-8-20-35)52-50(54-51)36-21-9-3-10-22-36)29-31-45(42)56-44-28-16-14-26-41(44)47-46(56)32-30-40-39-25-13-15-27-43(39)55(48(40)47)38-23-11-4-12-24-38/h2-5,7-14,16-25,28-33,39,41,43,49-54H,1,6,15,26-27H2. The van der Waals surface area contributed by atoms with Crippen LogP contribution in [-0.4, -0.2) is 6.04 Å². The first-order chi connectivity index (χ1) is 27.8. The summed E-state index contributed by atoms with van der Waals surface area (Å²) in [5, 5.41) is 11.7. The van der Waals surface area contributed by atoms with Crippen LogP contribution in [0.2, 0.25) is 0 Å². The molecule has 3 N–H and O–H groups in total. The van der Waals surface area contributed by atoms with E-state index in [0.29, 0.717) is 12.0 Å². The third-order valence-corrected chi connectivity index (χ3v) is 12.7. The van der Waals surface area contributed by atoms with Gasteiger partial charge in [-0.3, -0.25) is 16.0 Å². The van der Waals surface area contributed by atoms with Gasteiger partial charge in [0.15, 0.2) is 0 Å². The number of hydrogen-bond donors (Lipinski definition) is 3. The smallest absolute Gasteiger partial charge is 0.0864 e. The molecule has 1 fully saturated rings. The molecule has 0 aromatic heterocycles. The van der Waals surface area contributed by atoms with Crippen LogP contribution in [0.1, 0.15) is 95.8 Å². The van der Waals surface area contributed by atoms with Crippen molar-refractivity contribution in [2.45, 2.75) is 68.5 Å². The minimum Gasteiger partial charge on any atom is -0.337 e. The maximum Gasteiger partial charge on any atom is 0.0864 e. The zero-order valence-electron chi connectivity index (χ0n) is 31.6. The third kappa shape index (κ3) is 5.64. The Morgan fingerprint density at radius 2 is 1.30 bits per heavy atom. The summed E-state index contributed by atoms with van der Waals surface area (Å²) in [6.45, 7) is 0. The van der Waals surface area contributed by atoms with Crippen LogP contribution in [0.5, 0.6) is 0 Å². The fourth-order valence-electron chi connectivity index (χ4n) is 10.2. The number of allylic oxidation sites excluding steroid dienone is 9. The molecule has 0 bridgehead atoms. The van der Waals surface area contributed by atoms with Gasteiger partial charge in [0.05, 0.1) is 35.6 Å². The van der Waals surface area contributed by atoms with Crippen molar-refractivity contribution in [1.82, 2.24) is 16.0 Å². The van der Waals surface area contributed by atoms with Crippen LogP contribution in [0.3, 0.4) is 0 Å². The molecule has 5 aromatic rings. The zero-order valence-corrected chi connectivity index (χ0v) is 31.6. The van der Waals surface area contributed by atoms with Crippen LogP contribution >= 0.6 is 0 Å². The fourth-order valence-corrected chi connectivity index (χ4v) is 10.2. The molecule has 1 saturated heterocycles. The molecule has 3 aliphatic carbocycles. The number of fused-ring (bicyclic) bond motifs is 7. The molecule has 56 heavy (non-hydrogen) atoms. The van der Waals surface area contributed by atoms with E-state index in [-0.39, 0.29) is 24.4 Å². The Hall–Kier alpha value is -5.72. The second kappa shape index (κ2) is 14.1. The van der Waals surface area contributed by atoms with E-state index in [1.165, 1.54) is 67.4 Å². The van der Waals surface area contributed by atoms with Gasteiger partial charge in [-0.25, -0.2) is 0 Å². The van der Waals surface area contributed by atoms with E-state index in [4.69, 9.17) is 0 Å². The van der Waals surface area contributed by atoms with Crippen LogP contribution in [-0.2, 0) is 0 Å². The van der Waals surface area contributed by atoms with Crippen molar-refractivity contribution in [2.24, 2.45) is 0 Å². The molecule has 5 nitrogen and oxygen atoms in total. The van der Waals surface area contributed by atoms with Crippen LogP contribution in [0.15, 0.2) is 176 Å². The summed E-state index contributed by atoms with van der Waals surface area (Å²) in [6.07, 6.45) is 24.3. The summed E-state index contributed by atoms with van der Waals surface area (Å²) in [5.74, 6) is 0.691. The molecule has 0 radical (unpaired) electrons. The van der Waals surface area contributed by atoms with Gasteiger partial charge in [0.2, 0.25) is 0 Å². The quantitative estimate of drug-likeness (QED) is 0.152. The van der Waals surface area contributed by atoms with Crippen LogP contribution in [0, 0.1) is 0 Å². The van der Waals surface area contributed by atoms with Gasteiger partial charge in [0.1, 0.15) is 0 Å². The minimum atomic E-state index is -0.0813. The van der Waals surface area contributed by atoms with Gasteiger partial charge >= 0.3 is 0 Å². The highest BCUT2D eigenvalue weighted by molar-refractivity contribution is 5.94. The highest BCUT2D eigenvalue weighted by Crippen LogP contribution is 2.61. The van der Waals surface area contributed by atoms with E-state index in [2.05, 4.69) is 196 Å². The number of anilines is 4. The molecular formula is C51H47N5. The fraction of sp³-hybridized carbons (Fsp3) is 0.216. The van der Waals surface area contributed by atoms with Gasteiger partial charge in [0, 0.05) is 40.4 Å². The van der Waals surface area contributed by atoms with Gasteiger partial charge in [0.25, 0.3) is 0 Å². The lowest BCUT2D eigenvalue weighted by molar-refractivity contribution is 0.203. The summed E-state index contributed by atoms with van der Waals surface area (Å²) < 4.78 is 0. The lowest BCUT2D eigenvalue weighted by Crippen LogP contribution is -2.54. The molecular weight excluding hydrogens is 683 g/mol. The van der Waals surface area contributed by atoms with Gasteiger partial charge < -0.3 is 9.80 Å². The van der Waals surface area contributed by atoms with E-state index in [9.17, 15) is 0 Å². The molecule has 3 heterocycles. The molecule has 5 aromatic carbocycles. The second-order valence-electron chi connectivity index (χ2n) is 15.9. The number of hydrogen-bond acceptors (Lipinski definition) is 5. The molecule has 6 aliphatic rings. The Bertz CT molecular complexity index is 2380. The van der Waals surface area contributed by atoms with E-state index in [1.54, 1.807) is 0 Å². The van der Waals surface area contributed by atoms with Crippen LogP contribution < -0.4 is 25.8 Å². The van der Waals surface area contributed by atoms with Crippen molar-refractivity contribution in [3.05, 3.63) is 209 Å². The molecule has 276 valence electrons. The Balaban J connectivity index is 1.05. The average Bonchev–Trinajstić information content (AvgIpc) is 3.80. The summed E-state index contributed by atoms with van der Waals surface area (Å²) in [5.41, 5.74) is 15.8. The summed E-state index contributed by atoms with van der Waals surface area (Å²) in [7, 11) is 0. The average molecular weight is 730 g/mol. The maximum atomic E-state index is 3.93. The first-order valence-electron chi connectivity index (χ1n) is 20.5. The van der Waals surface area contributed by atoms with E-state index >= 15 is 0 Å². The first-order valence-corrected chi connectivity index (χ1v) is 20.5. The van der Waals surface area contributed by atoms with E-state index in [0.717, 1.165) is 32.1 Å². The van der Waals surface area contributed by atoms with Gasteiger partial charge in [-0.2, -0.15) is 0 Å². The lowest BCUT2D eigenvalue weighted by Gasteiger charge is -2.40. The topological polar surface area (TPSA) is 42.6 Å². The Labute approximate surface area is 330 Å². The Morgan fingerprint density at radius 3 is 2.02 bits per heavy atom. The maximum absolute atomic E-state index is 3.93. The van der Waals surface area contributed by atoms with Crippen molar-refractivity contribution >= 4 is 28.3 Å². The SMILES string of the molecule is C1=CCC2C(=C1)N(c1ccc(C3NC(c4ccccc4)NC(c4ccccc4)N3)cc1C1=CCCC=C1)c1ccc3c(c12)N(c1ccccc1)C1CCC=CC31. The minimum absolute atomic E-state index is 0.0248. The third-order valence-electron chi connectivity index (χ3n) is 12.7. The molecule has 0 saturated carbocycles. The first kappa shape index (κ1) is 33.6. The lowest BCUT2D eigenvalue weighted by atomic mass is 9.85. The van der Waals surface area contributed by atoms with Crippen molar-refractivity contribution in [3.8, 4) is 0 Å². The highest BCUT2D eigenvalue weighted by Gasteiger charge is 2.46. The van der Waals surface area contributed by atoms with Crippen molar-refractivity contribution in [1.29, 1.82) is 0 Å². The van der Waals surface area contributed by atoms with Gasteiger partial charge in [-0.15, -0.1) is 0 Å². The number of nitrogens with zero attached hydrogens (tertiary/aromatic N) is 2. The molecule has 0 amide bonds. The molecule has 0 spiro atoms. The molecule has 11 rings (SSSR count). The monoisotopic (exact) mass is 729 g/mol. The number of rotatable bonds is 6. The largest absolute Gasteiger partial charge is 0.337 e. The summed E-state index contributed by atoms with van der Waals surface area (Å²) in [4.78, 5) is 5.31. The molecule has 5 atom stereocenters. The molecule has 3 aliphatic heterocycles. The summed E-state index contributed by atoms with van der Waals surface area (Å²) in [6, 6.07) is 45.1. The summed E-state index contributed by atoms with van der Waals surface area (Å²) >= 11 is 0. The Morgan fingerprint density at radius 1 is 0.607 bits per heavy atom. The normalized spacial score (nSPS) is 25.9. The molecule has 5 heteroatoms. The van der Waals surface area contributed by atoms with E-state index in [1.807, 2.05) is 0 Å². The Kier molecular flexibility index (Phi) is 8.46. The highest BCUT2D eigenvalue weighted by atomic mass is 15.4. The number of para-hydroxylation sites is 1.